The topological polar surface area (TPSA) is 110 Å². The summed E-state index contributed by atoms with van der Waals surface area (Å²) in [7, 11) is 0. The van der Waals surface area contributed by atoms with Crippen molar-refractivity contribution in [2.75, 3.05) is 13.1 Å². The number of hydrogen-bond acceptors (Lipinski definition) is 6. The third kappa shape index (κ3) is 6.41. The van der Waals surface area contributed by atoms with Crippen LogP contribution in [0.4, 0.5) is 17.6 Å². The Labute approximate surface area is 213 Å². The first-order chi connectivity index (χ1) is 18.1. The van der Waals surface area contributed by atoms with Crippen molar-refractivity contribution in [2.45, 2.75) is 24.9 Å². The number of rotatable bonds is 4. The number of para-hydroxylation sites is 1. The standard InChI is InChI=1S/C23H20FN5O2.C2HF3O2/c24-19-10-12-28(23(30)17-5-3-6-18(14-17)29-13-11-25-27-29)15-21(19)31-22-9-8-16-4-1-2-7-20(16)26-22;3-2(4,5)1(6)7/h1-9,11,13-14,19,21H,10,12,15H2;(H,6,7)/t19-,21-;/m0./s1. The average Bonchev–Trinajstić information content (AvgIpc) is 3.45. The quantitative estimate of drug-likeness (QED) is 0.395. The van der Waals surface area contributed by atoms with Crippen molar-refractivity contribution in [3.05, 3.63) is 78.6 Å². The third-order valence-electron chi connectivity index (χ3n) is 5.63. The van der Waals surface area contributed by atoms with Crippen LogP contribution in [0.25, 0.3) is 16.6 Å². The summed E-state index contributed by atoms with van der Waals surface area (Å²) in [5.74, 6) is -2.57. The molecule has 9 nitrogen and oxygen atoms in total. The first kappa shape index (κ1) is 26.5. The molecule has 1 amide bonds. The van der Waals surface area contributed by atoms with Gasteiger partial charge in [0.1, 0.15) is 12.3 Å². The van der Waals surface area contributed by atoms with Crippen LogP contribution in [0.5, 0.6) is 5.88 Å². The first-order valence-electron chi connectivity index (χ1n) is 11.3. The van der Waals surface area contributed by atoms with Gasteiger partial charge in [-0.1, -0.05) is 29.5 Å². The van der Waals surface area contributed by atoms with E-state index in [2.05, 4.69) is 15.3 Å². The molecule has 0 saturated carbocycles. The normalized spacial score (nSPS) is 17.4. The molecule has 5 rings (SSSR count). The van der Waals surface area contributed by atoms with Crippen molar-refractivity contribution in [3.63, 3.8) is 0 Å². The number of alkyl halides is 4. The van der Waals surface area contributed by atoms with Crippen molar-refractivity contribution < 1.29 is 37.0 Å². The number of hydrogen-bond donors (Lipinski definition) is 1. The van der Waals surface area contributed by atoms with Crippen LogP contribution in [-0.2, 0) is 4.79 Å². The van der Waals surface area contributed by atoms with Gasteiger partial charge in [0.05, 0.1) is 30.1 Å². The Hall–Kier alpha value is -4.55. The second-order valence-corrected chi connectivity index (χ2v) is 8.26. The van der Waals surface area contributed by atoms with Gasteiger partial charge in [0, 0.05) is 23.6 Å². The molecule has 1 N–H and O–H groups in total. The smallest absolute Gasteiger partial charge is 0.475 e. The van der Waals surface area contributed by atoms with E-state index in [1.807, 2.05) is 36.4 Å². The summed E-state index contributed by atoms with van der Waals surface area (Å²) in [4.78, 5) is 28.1. The second-order valence-electron chi connectivity index (χ2n) is 8.26. The zero-order valence-electron chi connectivity index (χ0n) is 19.6. The molecular weight excluding hydrogens is 510 g/mol. The SMILES string of the molecule is O=C(O)C(F)(F)F.O=C(c1cccc(-n2ccnn2)c1)N1CC[C@H](F)[C@@H](Oc2ccc3ccccc3n2)C1. The molecule has 0 unspecified atom stereocenters. The molecule has 0 radical (unpaired) electrons. The lowest BCUT2D eigenvalue weighted by molar-refractivity contribution is -0.192. The molecule has 2 aromatic carbocycles. The molecule has 38 heavy (non-hydrogen) atoms. The van der Waals surface area contributed by atoms with Crippen LogP contribution in [0.1, 0.15) is 16.8 Å². The molecule has 1 saturated heterocycles. The maximum absolute atomic E-state index is 14.6. The highest BCUT2D eigenvalue weighted by Gasteiger charge is 2.38. The number of aliphatic carboxylic acids is 1. The summed E-state index contributed by atoms with van der Waals surface area (Å²) >= 11 is 0. The summed E-state index contributed by atoms with van der Waals surface area (Å²) in [5.41, 5.74) is 2.02. The minimum Gasteiger partial charge on any atom is -0.475 e. The number of carbonyl (C=O) groups excluding carboxylic acids is 1. The number of pyridine rings is 1. The van der Waals surface area contributed by atoms with Crippen molar-refractivity contribution in [3.8, 4) is 11.6 Å². The Morgan fingerprint density at radius 1 is 1.05 bits per heavy atom. The van der Waals surface area contributed by atoms with Crippen molar-refractivity contribution in [1.29, 1.82) is 0 Å². The summed E-state index contributed by atoms with van der Waals surface area (Å²) in [6.45, 7) is 0.487. The zero-order valence-corrected chi connectivity index (χ0v) is 19.6. The van der Waals surface area contributed by atoms with Gasteiger partial charge in [-0.3, -0.25) is 4.79 Å². The molecule has 2 aromatic heterocycles. The second kappa shape index (κ2) is 11.2. The molecule has 0 spiro atoms. The van der Waals surface area contributed by atoms with Gasteiger partial charge in [0.25, 0.3) is 5.91 Å². The van der Waals surface area contributed by atoms with E-state index in [4.69, 9.17) is 14.6 Å². The van der Waals surface area contributed by atoms with Gasteiger partial charge in [0.2, 0.25) is 5.88 Å². The maximum atomic E-state index is 14.6. The van der Waals surface area contributed by atoms with Crippen LogP contribution in [0.15, 0.2) is 73.1 Å². The number of carboxylic acids is 1. The van der Waals surface area contributed by atoms with Gasteiger partial charge in [-0.15, -0.1) is 5.10 Å². The van der Waals surface area contributed by atoms with Crippen molar-refractivity contribution >= 4 is 22.8 Å². The Bertz CT molecular complexity index is 1410. The Morgan fingerprint density at radius 3 is 2.53 bits per heavy atom. The summed E-state index contributed by atoms with van der Waals surface area (Å²) in [5, 5.41) is 15.9. The Balaban J connectivity index is 0.000000426. The lowest BCUT2D eigenvalue weighted by Gasteiger charge is -2.35. The van der Waals surface area contributed by atoms with E-state index in [0.717, 1.165) is 16.6 Å². The Kier molecular flexibility index (Phi) is 7.84. The number of benzene rings is 2. The van der Waals surface area contributed by atoms with E-state index in [9.17, 15) is 22.4 Å². The van der Waals surface area contributed by atoms with E-state index < -0.39 is 24.4 Å². The highest BCUT2D eigenvalue weighted by atomic mass is 19.4. The number of nitrogens with zero attached hydrogens (tertiary/aromatic N) is 5. The van der Waals surface area contributed by atoms with Gasteiger partial charge in [0.15, 0.2) is 0 Å². The number of likely N-dealkylation sites (tertiary alicyclic amines) is 1. The average molecular weight is 531 g/mol. The van der Waals surface area contributed by atoms with Crippen molar-refractivity contribution in [1.82, 2.24) is 24.9 Å². The fourth-order valence-electron chi connectivity index (χ4n) is 3.76. The molecule has 3 heterocycles. The molecule has 198 valence electrons. The van der Waals surface area contributed by atoms with E-state index in [-0.39, 0.29) is 18.9 Å². The van der Waals surface area contributed by atoms with Crippen LogP contribution in [0.2, 0.25) is 0 Å². The number of ether oxygens (including phenoxy) is 1. The highest BCUT2D eigenvalue weighted by Crippen LogP contribution is 2.23. The predicted octanol–water partition coefficient (Wildman–Crippen LogP) is 4.08. The van der Waals surface area contributed by atoms with Gasteiger partial charge < -0.3 is 14.7 Å². The van der Waals surface area contributed by atoms with Gasteiger partial charge in [-0.05, 0) is 36.8 Å². The summed E-state index contributed by atoms with van der Waals surface area (Å²) < 4.78 is 53.8. The lowest BCUT2D eigenvalue weighted by atomic mass is 10.0. The predicted molar refractivity (Wildman–Crippen MR) is 127 cm³/mol. The van der Waals surface area contributed by atoms with E-state index in [0.29, 0.717) is 18.0 Å². The van der Waals surface area contributed by atoms with Crippen molar-refractivity contribution in [2.24, 2.45) is 0 Å². The molecule has 13 heteroatoms. The fraction of sp³-hybridized carbons (Fsp3) is 0.240. The van der Waals surface area contributed by atoms with Gasteiger partial charge in [-0.2, -0.15) is 13.2 Å². The van der Waals surface area contributed by atoms with E-state index in [1.54, 1.807) is 46.2 Å². The Morgan fingerprint density at radius 2 is 1.82 bits per heavy atom. The van der Waals surface area contributed by atoms with Crippen LogP contribution < -0.4 is 4.74 Å². The van der Waals surface area contributed by atoms with Gasteiger partial charge in [-0.25, -0.2) is 18.9 Å². The van der Waals surface area contributed by atoms with Gasteiger partial charge >= 0.3 is 12.1 Å². The molecule has 1 aliphatic heterocycles. The van der Waals surface area contributed by atoms with Crippen LogP contribution >= 0.6 is 0 Å². The molecule has 0 aliphatic carbocycles. The van der Waals surface area contributed by atoms with Crippen LogP contribution in [0.3, 0.4) is 0 Å². The minimum absolute atomic E-state index is 0.155. The van der Waals surface area contributed by atoms with E-state index in [1.165, 1.54) is 0 Å². The number of carboxylic acid groups (broad SMARTS) is 1. The van der Waals surface area contributed by atoms with Crippen LogP contribution in [0, 0.1) is 0 Å². The monoisotopic (exact) mass is 531 g/mol. The first-order valence-corrected chi connectivity index (χ1v) is 11.3. The molecule has 1 fully saturated rings. The number of amides is 1. The number of fused-ring (bicyclic) bond motifs is 1. The number of piperidine rings is 1. The van der Waals surface area contributed by atoms with Crippen LogP contribution in [-0.4, -0.2) is 73.4 Å². The molecular formula is C25H21F4N5O4. The highest BCUT2D eigenvalue weighted by molar-refractivity contribution is 5.94. The largest absolute Gasteiger partial charge is 0.490 e. The number of carbonyl (C=O) groups is 2. The summed E-state index contributed by atoms with van der Waals surface area (Å²) in [6, 6.07) is 18.4. The zero-order chi connectivity index (χ0) is 27.3. The molecule has 1 aliphatic rings. The van der Waals surface area contributed by atoms with E-state index >= 15 is 0 Å². The maximum Gasteiger partial charge on any atom is 0.490 e. The number of aromatic nitrogens is 4. The molecule has 2 atom stereocenters. The summed E-state index contributed by atoms with van der Waals surface area (Å²) in [6.07, 6.45) is -3.53. The molecule has 4 aromatic rings. The minimum atomic E-state index is -5.08. The third-order valence-corrected chi connectivity index (χ3v) is 5.63. The fourth-order valence-corrected chi connectivity index (χ4v) is 3.76. The lowest BCUT2D eigenvalue weighted by Crippen LogP contribution is -2.50. The number of halogens is 4. The molecule has 0 bridgehead atoms.